The van der Waals surface area contributed by atoms with Crippen molar-refractivity contribution in [2.75, 3.05) is 0 Å². The second-order valence-corrected chi connectivity index (χ2v) is 5.52. The SMILES string of the molecule is Cc1cc(C)nc(Sc2cc(C(=N)N)cc(C)n2)c1. The van der Waals surface area contributed by atoms with E-state index < -0.39 is 0 Å². The van der Waals surface area contributed by atoms with Gasteiger partial charge in [-0.2, -0.15) is 0 Å². The number of nitrogens with two attached hydrogens (primary N) is 1. The van der Waals surface area contributed by atoms with E-state index in [0.29, 0.717) is 5.56 Å². The smallest absolute Gasteiger partial charge is 0.122 e. The molecule has 0 aliphatic heterocycles. The van der Waals surface area contributed by atoms with Gasteiger partial charge < -0.3 is 5.73 Å². The van der Waals surface area contributed by atoms with Crippen molar-refractivity contribution in [3.8, 4) is 0 Å². The van der Waals surface area contributed by atoms with Crippen LogP contribution in [-0.2, 0) is 0 Å². The van der Waals surface area contributed by atoms with Crippen molar-refractivity contribution in [1.82, 2.24) is 9.97 Å². The predicted molar refractivity (Wildman–Crippen MR) is 77.8 cm³/mol. The fourth-order valence-corrected chi connectivity index (χ4v) is 2.83. The first kappa shape index (κ1) is 13.5. The van der Waals surface area contributed by atoms with Gasteiger partial charge in [-0.1, -0.05) is 11.8 Å². The van der Waals surface area contributed by atoms with Crippen molar-refractivity contribution < 1.29 is 0 Å². The summed E-state index contributed by atoms with van der Waals surface area (Å²) in [6.45, 7) is 5.91. The van der Waals surface area contributed by atoms with Gasteiger partial charge in [-0.25, -0.2) is 9.97 Å². The second kappa shape index (κ2) is 5.40. The molecule has 98 valence electrons. The number of aromatic nitrogens is 2. The molecule has 0 unspecified atom stereocenters. The molecule has 5 heteroatoms. The largest absolute Gasteiger partial charge is 0.384 e. The molecule has 0 aromatic carbocycles. The molecule has 4 nitrogen and oxygen atoms in total. The van der Waals surface area contributed by atoms with Gasteiger partial charge in [-0.15, -0.1) is 0 Å². The molecular weight excluding hydrogens is 256 g/mol. The van der Waals surface area contributed by atoms with Crippen LogP contribution in [0.3, 0.4) is 0 Å². The van der Waals surface area contributed by atoms with E-state index in [4.69, 9.17) is 11.1 Å². The van der Waals surface area contributed by atoms with Gasteiger partial charge in [0.15, 0.2) is 0 Å². The molecule has 0 spiro atoms. The maximum absolute atomic E-state index is 7.50. The quantitative estimate of drug-likeness (QED) is 0.665. The zero-order chi connectivity index (χ0) is 14.0. The zero-order valence-corrected chi connectivity index (χ0v) is 12.0. The number of aryl methyl sites for hydroxylation is 3. The van der Waals surface area contributed by atoms with Crippen molar-refractivity contribution in [3.63, 3.8) is 0 Å². The summed E-state index contributed by atoms with van der Waals surface area (Å²) in [5.41, 5.74) is 9.23. The minimum absolute atomic E-state index is 0.0562. The Hall–Kier alpha value is -1.88. The average Bonchev–Trinajstić information content (AvgIpc) is 2.26. The van der Waals surface area contributed by atoms with Gasteiger partial charge in [0.05, 0.1) is 0 Å². The van der Waals surface area contributed by atoms with E-state index >= 15 is 0 Å². The van der Waals surface area contributed by atoms with E-state index in [1.165, 1.54) is 17.3 Å². The summed E-state index contributed by atoms with van der Waals surface area (Å²) in [6.07, 6.45) is 0. The van der Waals surface area contributed by atoms with Crippen molar-refractivity contribution in [1.29, 1.82) is 5.41 Å². The van der Waals surface area contributed by atoms with E-state index in [-0.39, 0.29) is 5.84 Å². The van der Waals surface area contributed by atoms with Crippen molar-refractivity contribution >= 4 is 17.6 Å². The molecule has 0 radical (unpaired) electrons. The van der Waals surface area contributed by atoms with Crippen LogP contribution in [0.1, 0.15) is 22.5 Å². The maximum Gasteiger partial charge on any atom is 0.122 e. The Balaban J connectivity index is 2.35. The third-order valence-electron chi connectivity index (χ3n) is 2.52. The molecule has 0 aliphatic rings. The van der Waals surface area contributed by atoms with Crippen LogP contribution in [0.15, 0.2) is 34.3 Å². The number of amidine groups is 1. The van der Waals surface area contributed by atoms with Gasteiger partial charge >= 0.3 is 0 Å². The van der Waals surface area contributed by atoms with Gasteiger partial charge in [-0.05, 0) is 50.6 Å². The third kappa shape index (κ3) is 3.54. The number of pyridine rings is 2. The summed E-state index contributed by atoms with van der Waals surface area (Å²) < 4.78 is 0. The summed E-state index contributed by atoms with van der Waals surface area (Å²) in [5, 5.41) is 9.22. The Morgan fingerprint density at radius 3 is 2.16 bits per heavy atom. The minimum Gasteiger partial charge on any atom is -0.384 e. The van der Waals surface area contributed by atoms with Crippen LogP contribution in [0, 0.1) is 26.2 Å². The van der Waals surface area contributed by atoms with Gasteiger partial charge in [0.2, 0.25) is 0 Å². The minimum atomic E-state index is 0.0562. The molecule has 19 heavy (non-hydrogen) atoms. The lowest BCUT2D eigenvalue weighted by atomic mass is 10.2. The predicted octanol–water partition coefficient (Wildman–Crippen LogP) is 2.84. The van der Waals surface area contributed by atoms with Crippen molar-refractivity contribution in [2.24, 2.45) is 5.73 Å². The first-order chi connectivity index (χ1) is 8.94. The molecule has 2 aromatic rings. The first-order valence-electron chi connectivity index (χ1n) is 5.90. The Morgan fingerprint density at radius 1 is 1.00 bits per heavy atom. The molecule has 0 saturated carbocycles. The number of hydrogen-bond donors (Lipinski definition) is 2. The first-order valence-corrected chi connectivity index (χ1v) is 6.72. The molecular formula is C14H16N4S. The van der Waals surface area contributed by atoms with Crippen LogP contribution < -0.4 is 5.73 Å². The summed E-state index contributed by atoms with van der Waals surface area (Å²) in [5.74, 6) is 0.0562. The standard InChI is InChI=1S/C14H16N4S/c1-8-4-9(2)17-12(5-8)19-13-7-11(14(15)16)6-10(3)18-13/h4-7H,1-3H3,(H3,15,16). The molecule has 0 bridgehead atoms. The highest BCUT2D eigenvalue weighted by atomic mass is 32.2. The molecule has 2 aromatic heterocycles. The highest BCUT2D eigenvalue weighted by molar-refractivity contribution is 7.99. The van der Waals surface area contributed by atoms with E-state index in [9.17, 15) is 0 Å². The fraction of sp³-hybridized carbons (Fsp3) is 0.214. The van der Waals surface area contributed by atoms with Gasteiger partial charge in [0.25, 0.3) is 0 Å². The monoisotopic (exact) mass is 272 g/mol. The summed E-state index contributed by atoms with van der Waals surface area (Å²) in [6, 6.07) is 7.69. The number of nitrogen functional groups attached to an aromatic ring is 1. The fourth-order valence-electron chi connectivity index (χ4n) is 1.81. The topological polar surface area (TPSA) is 75.7 Å². The highest BCUT2D eigenvalue weighted by Gasteiger charge is 2.06. The maximum atomic E-state index is 7.50. The Morgan fingerprint density at radius 2 is 1.58 bits per heavy atom. The molecule has 0 saturated heterocycles. The Bertz CT molecular complexity index is 617. The number of nitrogens with zero attached hydrogens (tertiary/aromatic N) is 2. The van der Waals surface area contributed by atoms with E-state index in [1.54, 1.807) is 6.07 Å². The van der Waals surface area contributed by atoms with E-state index in [1.807, 2.05) is 39.0 Å². The van der Waals surface area contributed by atoms with Gasteiger partial charge in [-0.3, -0.25) is 5.41 Å². The molecule has 0 aliphatic carbocycles. The number of rotatable bonds is 3. The van der Waals surface area contributed by atoms with Crippen molar-refractivity contribution in [3.05, 3.63) is 46.8 Å². The molecule has 0 fully saturated rings. The lowest BCUT2D eigenvalue weighted by Gasteiger charge is -2.06. The molecule has 2 rings (SSSR count). The molecule has 3 N–H and O–H groups in total. The van der Waals surface area contributed by atoms with Crippen LogP contribution in [0.25, 0.3) is 0 Å². The zero-order valence-electron chi connectivity index (χ0n) is 11.2. The van der Waals surface area contributed by atoms with Crippen LogP contribution in [0.4, 0.5) is 0 Å². The second-order valence-electron chi connectivity index (χ2n) is 4.48. The normalized spacial score (nSPS) is 10.5. The van der Waals surface area contributed by atoms with Gasteiger partial charge in [0.1, 0.15) is 15.9 Å². The number of hydrogen-bond acceptors (Lipinski definition) is 4. The lowest BCUT2D eigenvalue weighted by molar-refractivity contribution is 1.02. The van der Waals surface area contributed by atoms with E-state index in [0.717, 1.165) is 21.4 Å². The molecule has 2 heterocycles. The van der Waals surface area contributed by atoms with E-state index in [2.05, 4.69) is 9.97 Å². The van der Waals surface area contributed by atoms with Gasteiger partial charge in [0, 0.05) is 17.0 Å². The van der Waals surface area contributed by atoms with Crippen molar-refractivity contribution in [2.45, 2.75) is 30.8 Å². The van der Waals surface area contributed by atoms with Crippen LogP contribution >= 0.6 is 11.8 Å². The number of nitrogens with one attached hydrogen (secondary N) is 1. The lowest BCUT2D eigenvalue weighted by Crippen LogP contribution is -2.11. The Labute approximate surface area is 117 Å². The van der Waals surface area contributed by atoms with Crippen LogP contribution in [0.2, 0.25) is 0 Å². The molecule has 0 atom stereocenters. The summed E-state index contributed by atoms with van der Waals surface area (Å²) in [7, 11) is 0. The third-order valence-corrected chi connectivity index (χ3v) is 3.36. The average molecular weight is 272 g/mol. The summed E-state index contributed by atoms with van der Waals surface area (Å²) >= 11 is 1.49. The molecule has 0 amide bonds. The summed E-state index contributed by atoms with van der Waals surface area (Å²) in [4.78, 5) is 8.91. The van der Waals surface area contributed by atoms with Crippen LogP contribution in [-0.4, -0.2) is 15.8 Å². The highest BCUT2D eigenvalue weighted by Crippen LogP contribution is 2.26. The Kier molecular flexibility index (Phi) is 3.85. The van der Waals surface area contributed by atoms with Crippen LogP contribution in [0.5, 0.6) is 0 Å².